The van der Waals surface area contributed by atoms with Gasteiger partial charge in [-0.1, -0.05) is 11.6 Å². The zero-order valence-corrected chi connectivity index (χ0v) is 7.49. The molecule has 0 aliphatic rings. The van der Waals surface area contributed by atoms with Crippen LogP contribution in [0, 0.1) is 0 Å². The predicted molar refractivity (Wildman–Crippen MR) is 47.9 cm³/mol. The summed E-state index contributed by atoms with van der Waals surface area (Å²) in [5.41, 5.74) is 6.34. The molecule has 0 saturated heterocycles. The number of aromatic nitrogens is 1. The smallest absolute Gasteiger partial charge is 0.0705 e. The van der Waals surface area contributed by atoms with E-state index >= 15 is 0 Å². The maximum atomic E-state index is 9.19. The van der Waals surface area contributed by atoms with Gasteiger partial charge in [-0.05, 0) is 13.0 Å². The second-order valence-electron chi connectivity index (χ2n) is 2.66. The highest BCUT2D eigenvalue weighted by molar-refractivity contribution is 6.31. The van der Waals surface area contributed by atoms with E-state index < -0.39 is 12.1 Å². The van der Waals surface area contributed by atoms with Crippen LogP contribution in [0.25, 0.3) is 0 Å². The third-order valence-electron chi connectivity index (χ3n) is 1.68. The van der Waals surface area contributed by atoms with E-state index in [-0.39, 0.29) is 0 Å². The molecule has 12 heavy (non-hydrogen) atoms. The van der Waals surface area contributed by atoms with Crippen molar-refractivity contribution in [2.24, 2.45) is 5.73 Å². The molecule has 1 aromatic rings. The normalized spacial score (nSPS) is 15.7. The van der Waals surface area contributed by atoms with Crippen molar-refractivity contribution < 1.29 is 5.11 Å². The molecule has 0 aromatic carbocycles. The third kappa shape index (κ3) is 1.94. The minimum atomic E-state index is -0.619. The summed E-state index contributed by atoms with van der Waals surface area (Å²) in [6, 6.07) is 1.19. The summed E-state index contributed by atoms with van der Waals surface area (Å²) in [5, 5.41) is 9.73. The minimum Gasteiger partial charge on any atom is -0.391 e. The number of aliphatic hydroxyl groups is 1. The highest BCUT2D eigenvalue weighted by Gasteiger charge is 2.14. The Balaban J connectivity index is 2.94. The van der Waals surface area contributed by atoms with Crippen LogP contribution in [0.1, 0.15) is 18.5 Å². The van der Waals surface area contributed by atoms with E-state index in [4.69, 9.17) is 17.3 Å². The highest BCUT2D eigenvalue weighted by atomic mass is 35.5. The maximum absolute atomic E-state index is 9.19. The molecule has 0 saturated carbocycles. The van der Waals surface area contributed by atoms with Gasteiger partial charge >= 0.3 is 0 Å². The van der Waals surface area contributed by atoms with Gasteiger partial charge in [0.15, 0.2) is 0 Å². The van der Waals surface area contributed by atoms with Crippen molar-refractivity contribution in [3.63, 3.8) is 0 Å². The van der Waals surface area contributed by atoms with Gasteiger partial charge in [0.25, 0.3) is 0 Å². The fourth-order valence-corrected chi connectivity index (χ4v) is 1.13. The van der Waals surface area contributed by atoms with Crippen LogP contribution >= 0.6 is 11.6 Å². The molecule has 1 heterocycles. The maximum Gasteiger partial charge on any atom is 0.0705 e. The highest BCUT2D eigenvalue weighted by Crippen LogP contribution is 2.21. The molecule has 1 aromatic heterocycles. The van der Waals surface area contributed by atoms with Gasteiger partial charge in [0.05, 0.1) is 12.1 Å². The average molecular weight is 187 g/mol. The number of hydrogen-bond acceptors (Lipinski definition) is 3. The van der Waals surface area contributed by atoms with Crippen molar-refractivity contribution in [1.82, 2.24) is 4.98 Å². The summed E-state index contributed by atoms with van der Waals surface area (Å²) >= 11 is 5.83. The molecule has 0 bridgehead atoms. The van der Waals surface area contributed by atoms with Gasteiger partial charge in [0.1, 0.15) is 0 Å². The Kier molecular flexibility index (Phi) is 3.03. The Morgan fingerprint density at radius 2 is 2.33 bits per heavy atom. The lowest BCUT2D eigenvalue weighted by Gasteiger charge is -2.15. The van der Waals surface area contributed by atoms with Crippen molar-refractivity contribution >= 4 is 11.6 Å². The van der Waals surface area contributed by atoms with Crippen LogP contribution in [-0.4, -0.2) is 16.2 Å². The minimum absolute atomic E-state index is 0.466. The molecular weight excluding hydrogens is 176 g/mol. The molecule has 3 nitrogen and oxygen atoms in total. The van der Waals surface area contributed by atoms with E-state index in [1.165, 1.54) is 0 Å². The molecule has 4 heteroatoms. The first-order valence-electron chi connectivity index (χ1n) is 3.66. The van der Waals surface area contributed by atoms with E-state index in [1.807, 2.05) is 0 Å². The molecule has 0 radical (unpaired) electrons. The summed E-state index contributed by atoms with van der Waals surface area (Å²) in [4.78, 5) is 3.87. The van der Waals surface area contributed by atoms with Crippen molar-refractivity contribution in [3.8, 4) is 0 Å². The molecule has 0 aliphatic heterocycles. The number of nitrogens with zero attached hydrogens (tertiary/aromatic N) is 1. The fraction of sp³-hybridized carbons (Fsp3) is 0.375. The summed E-state index contributed by atoms with van der Waals surface area (Å²) < 4.78 is 0. The average Bonchev–Trinajstić information content (AvgIpc) is 2.04. The predicted octanol–water partition coefficient (Wildman–Crippen LogP) is 1.12. The third-order valence-corrected chi connectivity index (χ3v) is 2.02. The molecule has 2 atom stereocenters. The van der Waals surface area contributed by atoms with Crippen molar-refractivity contribution in [2.75, 3.05) is 0 Å². The topological polar surface area (TPSA) is 59.1 Å². The monoisotopic (exact) mass is 186 g/mol. The van der Waals surface area contributed by atoms with E-state index in [9.17, 15) is 5.11 Å². The van der Waals surface area contributed by atoms with Crippen molar-refractivity contribution in [3.05, 3.63) is 29.0 Å². The number of halogens is 1. The summed E-state index contributed by atoms with van der Waals surface area (Å²) in [7, 11) is 0. The van der Waals surface area contributed by atoms with Gasteiger partial charge in [0, 0.05) is 23.0 Å². The van der Waals surface area contributed by atoms with E-state index in [0.29, 0.717) is 10.6 Å². The van der Waals surface area contributed by atoms with Crippen LogP contribution < -0.4 is 5.73 Å². The summed E-state index contributed by atoms with van der Waals surface area (Å²) in [5.74, 6) is 0. The van der Waals surface area contributed by atoms with Gasteiger partial charge in [0.2, 0.25) is 0 Å². The van der Waals surface area contributed by atoms with Crippen LogP contribution in [-0.2, 0) is 0 Å². The molecule has 0 spiro atoms. The first-order valence-corrected chi connectivity index (χ1v) is 4.03. The summed E-state index contributed by atoms with van der Waals surface area (Å²) in [6.45, 7) is 1.62. The fourth-order valence-electron chi connectivity index (χ4n) is 0.895. The van der Waals surface area contributed by atoms with Crippen LogP contribution in [0.3, 0.4) is 0 Å². The molecule has 0 amide bonds. The van der Waals surface area contributed by atoms with Crippen LogP contribution in [0.2, 0.25) is 5.02 Å². The number of nitrogens with two attached hydrogens (primary N) is 1. The first-order chi connectivity index (χ1) is 5.63. The first kappa shape index (κ1) is 9.45. The Bertz CT molecular complexity index is 265. The van der Waals surface area contributed by atoms with Gasteiger partial charge in [-0.3, -0.25) is 4.98 Å². The number of aliphatic hydroxyl groups excluding tert-OH is 1. The standard InChI is InChI=1S/C8H11ClN2O/c1-5(12)8(10)6-4-11-3-2-7(6)9/h2-5,8,12H,10H2,1H3/t5-,8+/m1/s1. The molecule has 3 N–H and O–H groups in total. The Labute approximate surface area is 76.2 Å². The van der Waals surface area contributed by atoms with E-state index in [0.717, 1.165) is 0 Å². The SMILES string of the molecule is C[C@@H](O)[C@H](N)c1cnccc1Cl. The molecule has 66 valence electrons. The molecule has 0 fully saturated rings. The zero-order valence-electron chi connectivity index (χ0n) is 6.74. The number of hydrogen-bond donors (Lipinski definition) is 2. The van der Waals surface area contributed by atoms with Crippen LogP contribution in [0.15, 0.2) is 18.5 Å². The van der Waals surface area contributed by atoms with Gasteiger partial charge in [-0.2, -0.15) is 0 Å². The summed E-state index contributed by atoms with van der Waals surface area (Å²) in [6.07, 6.45) is 2.53. The van der Waals surface area contributed by atoms with Gasteiger partial charge in [-0.25, -0.2) is 0 Å². The molecule has 0 aliphatic carbocycles. The van der Waals surface area contributed by atoms with Gasteiger partial charge < -0.3 is 10.8 Å². The lowest BCUT2D eigenvalue weighted by molar-refractivity contribution is 0.164. The molecule has 1 rings (SSSR count). The van der Waals surface area contributed by atoms with E-state index in [2.05, 4.69) is 4.98 Å². The Morgan fingerprint density at radius 3 is 2.83 bits per heavy atom. The molecule has 0 unspecified atom stereocenters. The van der Waals surface area contributed by atoms with Crippen molar-refractivity contribution in [1.29, 1.82) is 0 Å². The van der Waals surface area contributed by atoms with E-state index in [1.54, 1.807) is 25.4 Å². The molecular formula is C8H11ClN2O. The number of pyridine rings is 1. The largest absolute Gasteiger partial charge is 0.391 e. The van der Waals surface area contributed by atoms with Crippen LogP contribution in [0.4, 0.5) is 0 Å². The van der Waals surface area contributed by atoms with Crippen LogP contribution in [0.5, 0.6) is 0 Å². The Hall–Kier alpha value is -0.640. The second kappa shape index (κ2) is 3.85. The lowest BCUT2D eigenvalue weighted by Crippen LogP contribution is -2.23. The Morgan fingerprint density at radius 1 is 1.67 bits per heavy atom. The van der Waals surface area contributed by atoms with Crippen molar-refractivity contribution in [2.45, 2.75) is 19.1 Å². The zero-order chi connectivity index (χ0) is 9.14. The quantitative estimate of drug-likeness (QED) is 0.728. The number of rotatable bonds is 2. The lowest BCUT2D eigenvalue weighted by atomic mass is 10.1. The second-order valence-corrected chi connectivity index (χ2v) is 3.07. The van der Waals surface area contributed by atoms with Gasteiger partial charge in [-0.15, -0.1) is 0 Å².